The fourth-order valence-electron chi connectivity index (χ4n) is 4.64. The van der Waals surface area contributed by atoms with Gasteiger partial charge in [0.2, 0.25) is 11.8 Å². The van der Waals surface area contributed by atoms with Crippen LogP contribution in [0.1, 0.15) is 60.5 Å². The van der Waals surface area contributed by atoms with Crippen LogP contribution in [0.15, 0.2) is 41.4 Å². The van der Waals surface area contributed by atoms with Crippen LogP contribution in [-0.2, 0) is 20.8 Å². The van der Waals surface area contributed by atoms with E-state index in [1.165, 1.54) is 11.0 Å². The van der Waals surface area contributed by atoms with Gasteiger partial charge in [-0.15, -0.1) is 0 Å². The molecule has 4 N–H and O–H groups in total. The molecule has 0 radical (unpaired) electrons. The van der Waals surface area contributed by atoms with Crippen molar-refractivity contribution in [1.82, 2.24) is 10.4 Å². The molecule has 2 atom stereocenters. The Morgan fingerprint density at radius 1 is 1.26 bits per heavy atom. The van der Waals surface area contributed by atoms with E-state index in [4.69, 9.17) is 26.9 Å². The summed E-state index contributed by atoms with van der Waals surface area (Å²) in [6, 6.07) is 9.91. The van der Waals surface area contributed by atoms with Crippen molar-refractivity contribution in [1.29, 1.82) is 0 Å². The zero-order chi connectivity index (χ0) is 28.5. The van der Waals surface area contributed by atoms with Crippen molar-refractivity contribution in [2.24, 2.45) is 10.9 Å². The lowest BCUT2D eigenvalue weighted by Crippen LogP contribution is -2.45. The minimum atomic E-state index is -1.12. The Bertz CT molecular complexity index is 1230. The van der Waals surface area contributed by atoms with Crippen LogP contribution < -0.4 is 16.0 Å². The van der Waals surface area contributed by atoms with Gasteiger partial charge < -0.3 is 15.6 Å². The Morgan fingerprint density at radius 2 is 2.03 bits per heavy atom. The van der Waals surface area contributed by atoms with E-state index in [-0.39, 0.29) is 54.9 Å². The van der Waals surface area contributed by atoms with Crippen LogP contribution in [0.4, 0.5) is 5.69 Å². The summed E-state index contributed by atoms with van der Waals surface area (Å²) in [4.78, 5) is 49.9. The van der Waals surface area contributed by atoms with Gasteiger partial charge in [-0.2, -0.15) is 0 Å². The number of carbonyl (C=O) groups is 3. The van der Waals surface area contributed by atoms with Gasteiger partial charge in [-0.1, -0.05) is 31.0 Å². The number of carbonyl (C=O) groups excluding carboxylic acids is 2. The highest BCUT2D eigenvalue weighted by Gasteiger charge is 2.34. The third-order valence-corrected chi connectivity index (χ3v) is 6.84. The standard InChI is InChI=1S/C28H35ClN4O6/c1-4-6-17(18-7-9-22(28(36)37)23(30)13-18)14-26(34)33-16-25(32-39-5-2)31-15-20(27(33)35)11-19-12-21(29)8-10-24(19)38-3/h7-10,12-13,17,20H,4-6,11,14-16,30H2,1-3H3,(H,31,32)(H,36,37)/t17-,20?/m0/s1. The van der Waals surface area contributed by atoms with E-state index in [9.17, 15) is 19.5 Å². The number of anilines is 1. The Morgan fingerprint density at radius 3 is 2.67 bits per heavy atom. The third-order valence-electron chi connectivity index (χ3n) is 6.61. The first-order valence-electron chi connectivity index (χ1n) is 12.9. The molecule has 0 saturated heterocycles. The number of carboxylic acids is 1. The van der Waals surface area contributed by atoms with Crippen molar-refractivity contribution in [2.75, 3.05) is 32.5 Å². The summed E-state index contributed by atoms with van der Waals surface area (Å²) in [6.45, 7) is 4.27. The summed E-state index contributed by atoms with van der Waals surface area (Å²) in [6.07, 6.45) is 1.76. The number of nitrogens with two attached hydrogens (primary N) is 1. The lowest BCUT2D eigenvalue weighted by atomic mass is 9.89. The number of aliphatic imine (C=N–C) groups is 1. The molecule has 0 fully saturated rings. The number of benzene rings is 2. The Kier molecular flexibility index (Phi) is 10.7. The number of nitrogens with one attached hydrogen (secondary N) is 1. The van der Waals surface area contributed by atoms with Crippen LogP contribution in [0.3, 0.4) is 0 Å². The molecule has 0 spiro atoms. The normalized spacial score (nSPS) is 16.3. The minimum Gasteiger partial charge on any atom is -0.496 e. The van der Waals surface area contributed by atoms with Gasteiger partial charge in [0.25, 0.3) is 0 Å². The van der Waals surface area contributed by atoms with Gasteiger partial charge in [-0.3, -0.25) is 29.8 Å². The van der Waals surface area contributed by atoms with Gasteiger partial charge in [0.15, 0.2) is 0 Å². The molecule has 10 nitrogen and oxygen atoms in total. The number of hydrogen-bond donors (Lipinski definition) is 3. The topological polar surface area (TPSA) is 144 Å². The summed E-state index contributed by atoms with van der Waals surface area (Å²) in [7, 11) is 1.55. The summed E-state index contributed by atoms with van der Waals surface area (Å²) in [5, 5.41) is 9.83. The number of amides is 2. The fourth-order valence-corrected chi connectivity index (χ4v) is 4.83. The number of methoxy groups -OCH3 is 1. The zero-order valence-electron chi connectivity index (χ0n) is 22.4. The SMILES string of the molecule is CCC[C@@H](CC(=O)N1CC(NOCC)=NCC(Cc2cc(Cl)ccc2OC)C1=O)c1ccc(C(=O)O)c(N)c1. The Labute approximate surface area is 233 Å². The summed E-state index contributed by atoms with van der Waals surface area (Å²) < 4.78 is 5.45. The second-order valence-electron chi connectivity index (χ2n) is 9.34. The van der Waals surface area contributed by atoms with Crippen molar-refractivity contribution >= 4 is 40.9 Å². The quantitative estimate of drug-likeness (QED) is 0.276. The molecule has 1 heterocycles. The van der Waals surface area contributed by atoms with Gasteiger partial charge in [0.05, 0.1) is 38.3 Å². The largest absolute Gasteiger partial charge is 0.496 e. The molecule has 0 saturated carbocycles. The van der Waals surface area contributed by atoms with Gasteiger partial charge in [0, 0.05) is 17.1 Å². The highest BCUT2D eigenvalue weighted by atomic mass is 35.5. The van der Waals surface area contributed by atoms with Gasteiger partial charge >= 0.3 is 5.97 Å². The second-order valence-corrected chi connectivity index (χ2v) is 9.78. The van der Waals surface area contributed by atoms with Crippen molar-refractivity contribution < 1.29 is 29.1 Å². The molecule has 0 aromatic heterocycles. The van der Waals surface area contributed by atoms with Crippen molar-refractivity contribution in [3.8, 4) is 5.75 Å². The van der Waals surface area contributed by atoms with E-state index in [2.05, 4.69) is 10.5 Å². The first kappa shape index (κ1) is 29.9. The molecule has 3 rings (SSSR count). The van der Waals surface area contributed by atoms with Crippen LogP contribution in [0, 0.1) is 5.92 Å². The molecule has 1 unspecified atom stereocenters. The molecular weight excluding hydrogens is 524 g/mol. The van der Waals surface area contributed by atoms with E-state index in [1.807, 2.05) is 13.8 Å². The van der Waals surface area contributed by atoms with E-state index in [1.54, 1.807) is 37.4 Å². The molecule has 2 aromatic rings. The van der Waals surface area contributed by atoms with Gasteiger partial charge in [-0.05, 0) is 67.1 Å². The first-order valence-corrected chi connectivity index (χ1v) is 13.3. The summed E-state index contributed by atoms with van der Waals surface area (Å²) in [5.41, 5.74) is 10.4. The molecule has 1 aliphatic rings. The number of rotatable bonds is 11. The third kappa shape index (κ3) is 7.70. The highest BCUT2D eigenvalue weighted by Crippen LogP contribution is 2.30. The maximum Gasteiger partial charge on any atom is 0.337 e. The smallest absolute Gasteiger partial charge is 0.337 e. The average molecular weight is 559 g/mol. The van der Waals surface area contributed by atoms with Crippen molar-refractivity contribution in [3.05, 3.63) is 58.1 Å². The molecule has 2 amide bonds. The molecule has 0 aliphatic carbocycles. The van der Waals surface area contributed by atoms with E-state index in [0.29, 0.717) is 29.6 Å². The number of aromatic carboxylic acids is 1. The van der Waals surface area contributed by atoms with Crippen LogP contribution >= 0.6 is 11.6 Å². The predicted octanol–water partition coefficient (Wildman–Crippen LogP) is 4.07. The molecule has 11 heteroatoms. The Hall–Kier alpha value is -3.63. The predicted molar refractivity (Wildman–Crippen MR) is 149 cm³/mol. The van der Waals surface area contributed by atoms with E-state index in [0.717, 1.165) is 17.5 Å². The number of ether oxygens (including phenoxy) is 1. The Balaban J connectivity index is 1.89. The van der Waals surface area contributed by atoms with Crippen LogP contribution in [0.5, 0.6) is 5.75 Å². The van der Waals surface area contributed by atoms with Crippen LogP contribution in [-0.4, -0.2) is 60.4 Å². The first-order chi connectivity index (χ1) is 18.7. The van der Waals surface area contributed by atoms with E-state index < -0.39 is 11.9 Å². The lowest BCUT2D eigenvalue weighted by Gasteiger charge is -2.26. The second kappa shape index (κ2) is 14.0. The van der Waals surface area contributed by atoms with Crippen LogP contribution in [0.25, 0.3) is 0 Å². The summed E-state index contributed by atoms with van der Waals surface area (Å²) in [5.74, 6) is -1.75. The minimum absolute atomic E-state index is 0.00478. The number of halogens is 1. The maximum atomic E-state index is 13.7. The zero-order valence-corrected chi connectivity index (χ0v) is 23.2. The van der Waals surface area contributed by atoms with Gasteiger partial charge in [-0.25, -0.2) is 4.79 Å². The fraction of sp³-hybridized carbons (Fsp3) is 0.429. The van der Waals surface area contributed by atoms with Crippen molar-refractivity contribution in [2.45, 2.75) is 45.4 Å². The number of imide groups is 1. The average Bonchev–Trinajstić information content (AvgIpc) is 3.05. The molecular formula is C28H35ClN4O6. The number of amidine groups is 1. The van der Waals surface area contributed by atoms with E-state index >= 15 is 0 Å². The molecule has 2 aromatic carbocycles. The van der Waals surface area contributed by atoms with Crippen LogP contribution in [0.2, 0.25) is 5.02 Å². The highest BCUT2D eigenvalue weighted by molar-refractivity contribution is 6.30. The number of hydroxylamine groups is 1. The molecule has 39 heavy (non-hydrogen) atoms. The number of nitrogens with zero attached hydrogens (tertiary/aromatic N) is 2. The maximum absolute atomic E-state index is 13.7. The molecule has 210 valence electrons. The monoisotopic (exact) mass is 558 g/mol. The lowest BCUT2D eigenvalue weighted by molar-refractivity contribution is -0.146. The summed E-state index contributed by atoms with van der Waals surface area (Å²) >= 11 is 6.20. The van der Waals surface area contributed by atoms with Crippen molar-refractivity contribution in [3.63, 3.8) is 0 Å². The van der Waals surface area contributed by atoms with Gasteiger partial charge in [0.1, 0.15) is 11.6 Å². The molecule has 0 bridgehead atoms. The number of nitrogen functional groups attached to an aromatic ring is 1. The number of hydrogen-bond acceptors (Lipinski definition) is 8. The number of carboxylic acid groups (broad SMARTS) is 1. The molecule has 1 aliphatic heterocycles.